The number of hydrogen-bond acceptors (Lipinski definition) is 4. The molecule has 1 aliphatic carbocycles. The molecule has 0 bridgehead atoms. The maximum atomic E-state index is 11.9. The summed E-state index contributed by atoms with van der Waals surface area (Å²) < 4.78 is 10.1. The van der Waals surface area contributed by atoms with Crippen molar-refractivity contribution >= 4 is 11.9 Å². The van der Waals surface area contributed by atoms with Gasteiger partial charge in [0, 0.05) is 12.6 Å². The van der Waals surface area contributed by atoms with Crippen molar-refractivity contribution in [2.45, 2.75) is 50.7 Å². The Morgan fingerprint density at radius 2 is 1.89 bits per heavy atom. The summed E-state index contributed by atoms with van der Waals surface area (Å²) >= 11 is 0. The predicted octanol–water partition coefficient (Wildman–Crippen LogP) is 1.01. The van der Waals surface area contributed by atoms with Crippen molar-refractivity contribution in [2.24, 2.45) is 5.92 Å². The number of rotatable bonds is 3. The van der Waals surface area contributed by atoms with E-state index in [1.54, 1.807) is 0 Å². The van der Waals surface area contributed by atoms with Gasteiger partial charge in [-0.3, -0.25) is 9.59 Å². The van der Waals surface area contributed by atoms with E-state index in [0.29, 0.717) is 6.61 Å². The lowest BCUT2D eigenvalue weighted by molar-refractivity contribution is -0.146. The van der Waals surface area contributed by atoms with Crippen molar-refractivity contribution in [3.05, 3.63) is 0 Å². The summed E-state index contributed by atoms with van der Waals surface area (Å²) in [7, 11) is 1.42. The minimum Gasteiger partial charge on any atom is -0.469 e. The van der Waals surface area contributed by atoms with Crippen LogP contribution in [0.3, 0.4) is 0 Å². The molecule has 1 saturated carbocycles. The van der Waals surface area contributed by atoms with Gasteiger partial charge in [0.05, 0.1) is 13.0 Å². The zero-order valence-corrected chi connectivity index (χ0v) is 10.8. The molecule has 0 unspecified atom stereocenters. The average Bonchev–Trinajstić information content (AvgIpc) is 2.92. The monoisotopic (exact) mass is 255 g/mol. The molecule has 18 heavy (non-hydrogen) atoms. The molecule has 5 heteroatoms. The number of carbonyl (C=O) groups is 2. The third-order valence-electron chi connectivity index (χ3n) is 3.83. The Balaban J connectivity index is 1.73. The van der Waals surface area contributed by atoms with Crippen molar-refractivity contribution in [3.8, 4) is 0 Å². The Kier molecular flexibility index (Phi) is 4.58. The predicted molar refractivity (Wildman–Crippen MR) is 64.9 cm³/mol. The lowest BCUT2D eigenvalue weighted by atomic mass is 9.86. The summed E-state index contributed by atoms with van der Waals surface area (Å²) in [5, 5.41) is 3.02. The third-order valence-corrected chi connectivity index (χ3v) is 3.83. The highest BCUT2D eigenvalue weighted by molar-refractivity contribution is 5.81. The largest absolute Gasteiger partial charge is 0.469 e. The molecule has 102 valence electrons. The second-order valence-corrected chi connectivity index (χ2v) is 5.08. The number of amides is 1. The van der Waals surface area contributed by atoms with Crippen LogP contribution in [0.1, 0.15) is 38.5 Å². The van der Waals surface area contributed by atoms with Gasteiger partial charge in [-0.2, -0.15) is 0 Å². The van der Waals surface area contributed by atoms with Crippen LogP contribution in [0.15, 0.2) is 0 Å². The summed E-state index contributed by atoms with van der Waals surface area (Å²) in [5.74, 6) is -0.112. The van der Waals surface area contributed by atoms with E-state index >= 15 is 0 Å². The highest BCUT2D eigenvalue weighted by Gasteiger charge is 2.30. The second kappa shape index (κ2) is 6.18. The number of methoxy groups -OCH3 is 1. The quantitative estimate of drug-likeness (QED) is 0.764. The Bertz CT molecular complexity index is 304. The molecule has 2 rings (SSSR count). The number of ether oxygens (including phenoxy) is 2. The topological polar surface area (TPSA) is 64.6 Å². The SMILES string of the molecule is COC(=O)C1CCC(NC(=O)[C@H]2CCCO2)CC1. The molecule has 1 amide bonds. The summed E-state index contributed by atoms with van der Waals surface area (Å²) in [5.41, 5.74) is 0. The van der Waals surface area contributed by atoms with E-state index in [9.17, 15) is 9.59 Å². The number of hydrogen-bond donors (Lipinski definition) is 1. The van der Waals surface area contributed by atoms with Crippen LogP contribution in [-0.4, -0.2) is 37.7 Å². The molecule has 0 radical (unpaired) electrons. The third kappa shape index (κ3) is 3.22. The van der Waals surface area contributed by atoms with Crippen LogP contribution in [-0.2, 0) is 19.1 Å². The Morgan fingerprint density at radius 3 is 2.44 bits per heavy atom. The Hall–Kier alpha value is -1.10. The fraction of sp³-hybridized carbons (Fsp3) is 0.846. The smallest absolute Gasteiger partial charge is 0.308 e. The molecule has 1 aliphatic heterocycles. The first kappa shape index (κ1) is 13.3. The molecular weight excluding hydrogens is 234 g/mol. The summed E-state index contributed by atoms with van der Waals surface area (Å²) in [6, 6.07) is 0.183. The molecule has 2 aliphatic rings. The van der Waals surface area contributed by atoms with Crippen LogP contribution in [0.4, 0.5) is 0 Å². The van der Waals surface area contributed by atoms with Crippen molar-refractivity contribution in [1.82, 2.24) is 5.32 Å². The fourth-order valence-corrected chi connectivity index (χ4v) is 2.72. The minimum atomic E-state index is -0.261. The van der Waals surface area contributed by atoms with Crippen molar-refractivity contribution in [2.75, 3.05) is 13.7 Å². The van der Waals surface area contributed by atoms with Gasteiger partial charge in [0.1, 0.15) is 6.10 Å². The number of nitrogens with one attached hydrogen (secondary N) is 1. The van der Waals surface area contributed by atoms with Crippen molar-refractivity contribution < 1.29 is 19.1 Å². The molecule has 0 aromatic heterocycles. The summed E-state index contributed by atoms with van der Waals surface area (Å²) in [4.78, 5) is 23.2. The zero-order valence-electron chi connectivity index (χ0n) is 10.8. The van der Waals surface area contributed by atoms with E-state index in [1.165, 1.54) is 7.11 Å². The lowest BCUT2D eigenvalue weighted by Crippen LogP contribution is -2.43. The van der Waals surface area contributed by atoms with Crippen LogP contribution in [0.2, 0.25) is 0 Å². The zero-order chi connectivity index (χ0) is 13.0. The molecule has 1 N–H and O–H groups in total. The second-order valence-electron chi connectivity index (χ2n) is 5.08. The Morgan fingerprint density at radius 1 is 1.17 bits per heavy atom. The molecule has 1 saturated heterocycles. The average molecular weight is 255 g/mol. The van der Waals surface area contributed by atoms with Crippen molar-refractivity contribution in [3.63, 3.8) is 0 Å². The Labute approximate surface area is 107 Å². The van der Waals surface area contributed by atoms with Crippen LogP contribution in [0, 0.1) is 5.92 Å². The van der Waals surface area contributed by atoms with Gasteiger partial charge in [-0.1, -0.05) is 0 Å². The van der Waals surface area contributed by atoms with Gasteiger partial charge in [0.15, 0.2) is 0 Å². The van der Waals surface area contributed by atoms with E-state index in [2.05, 4.69) is 5.32 Å². The van der Waals surface area contributed by atoms with E-state index < -0.39 is 0 Å². The van der Waals surface area contributed by atoms with Gasteiger partial charge in [0.2, 0.25) is 5.91 Å². The maximum absolute atomic E-state index is 11.9. The first-order chi connectivity index (χ1) is 8.70. The first-order valence-corrected chi connectivity index (χ1v) is 6.70. The van der Waals surface area contributed by atoms with E-state index in [4.69, 9.17) is 9.47 Å². The van der Waals surface area contributed by atoms with E-state index in [1.807, 2.05) is 0 Å². The fourth-order valence-electron chi connectivity index (χ4n) is 2.72. The van der Waals surface area contributed by atoms with Crippen LogP contribution in [0.25, 0.3) is 0 Å². The maximum Gasteiger partial charge on any atom is 0.308 e. The molecule has 0 spiro atoms. The van der Waals surface area contributed by atoms with Gasteiger partial charge in [0.25, 0.3) is 0 Å². The van der Waals surface area contributed by atoms with Gasteiger partial charge >= 0.3 is 5.97 Å². The molecule has 2 fully saturated rings. The number of carbonyl (C=O) groups excluding carboxylic acids is 2. The molecule has 0 aromatic carbocycles. The first-order valence-electron chi connectivity index (χ1n) is 6.70. The van der Waals surface area contributed by atoms with Gasteiger partial charge in [-0.15, -0.1) is 0 Å². The van der Waals surface area contributed by atoms with Crippen LogP contribution >= 0.6 is 0 Å². The molecule has 0 aromatic rings. The van der Waals surface area contributed by atoms with Gasteiger partial charge < -0.3 is 14.8 Å². The molecule has 1 heterocycles. The molecule has 1 atom stereocenters. The molecular formula is C13H21NO4. The molecule has 5 nitrogen and oxygen atoms in total. The van der Waals surface area contributed by atoms with Gasteiger partial charge in [-0.05, 0) is 38.5 Å². The summed E-state index contributed by atoms with van der Waals surface area (Å²) in [6.45, 7) is 0.688. The highest BCUT2D eigenvalue weighted by Crippen LogP contribution is 2.25. The highest BCUT2D eigenvalue weighted by atomic mass is 16.5. The normalized spacial score (nSPS) is 31.9. The standard InChI is InChI=1S/C13H21NO4/c1-17-13(16)9-4-6-10(7-5-9)14-12(15)11-3-2-8-18-11/h9-11H,2-8H2,1H3,(H,14,15)/t9?,10?,11-/m1/s1. The summed E-state index contributed by atoms with van der Waals surface area (Å²) in [6.07, 6.45) is 4.81. The lowest BCUT2D eigenvalue weighted by Gasteiger charge is -2.28. The minimum absolute atomic E-state index is 0.00545. The van der Waals surface area contributed by atoms with E-state index in [0.717, 1.165) is 38.5 Å². The van der Waals surface area contributed by atoms with E-state index in [-0.39, 0.29) is 29.9 Å². The van der Waals surface area contributed by atoms with Gasteiger partial charge in [-0.25, -0.2) is 0 Å². The number of esters is 1. The van der Waals surface area contributed by atoms with Crippen molar-refractivity contribution in [1.29, 1.82) is 0 Å². The van der Waals surface area contributed by atoms with Crippen LogP contribution < -0.4 is 5.32 Å². The van der Waals surface area contributed by atoms with Crippen LogP contribution in [0.5, 0.6) is 0 Å².